The monoisotopic (exact) mass is 342 g/mol. The topological polar surface area (TPSA) is 105 Å². The van der Waals surface area contributed by atoms with E-state index in [1.54, 1.807) is 24.3 Å². The zero-order valence-corrected chi connectivity index (χ0v) is 13.8. The van der Waals surface area contributed by atoms with Gasteiger partial charge in [0.2, 0.25) is 10.0 Å². The van der Waals surface area contributed by atoms with Crippen molar-refractivity contribution in [3.05, 3.63) is 35.9 Å². The Hall–Kier alpha value is -1.48. The largest absolute Gasteiger partial charge is 0.390 e. The molecule has 1 heterocycles. The average Bonchev–Trinajstić information content (AvgIpc) is 2.92. The molecule has 7 nitrogen and oxygen atoms in total. The van der Waals surface area contributed by atoms with Crippen molar-refractivity contribution in [2.75, 3.05) is 25.4 Å². The van der Waals surface area contributed by atoms with Crippen molar-refractivity contribution < 1.29 is 23.1 Å². The molecule has 1 aliphatic rings. The van der Waals surface area contributed by atoms with E-state index < -0.39 is 22.2 Å². The Bertz CT molecular complexity index is 620. The second kappa shape index (κ2) is 7.87. The van der Waals surface area contributed by atoms with E-state index in [9.17, 15) is 18.3 Å². The van der Waals surface area contributed by atoms with Gasteiger partial charge in [0, 0.05) is 24.6 Å². The fourth-order valence-corrected chi connectivity index (χ4v) is 2.96. The molecule has 0 aromatic heterocycles. The number of sulfonamides is 1. The smallest absolute Gasteiger partial charge is 0.251 e. The van der Waals surface area contributed by atoms with E-state index in [-0.39, 0.29) is 37.3 Å². The molecule has 0 radical (unpaired) electrons. The van der Waals surface area contributed by atoms with Crippen LogP contribution >= 0.6 is 0 Å². The fourth-order valence-electron chi connectivity index (χ4n) is 2.33. The third kappa shape index (κ3) is 5.00. The maximum Gasteiger partial charge on any atom is 0.251 e. The lowest BCUT2D eigenvalue weighted by molar-refractivity contribution is 0.0427. The van der Waals surface area contributed by atoms with Crippen molar-refractivity contribution in [2.45, 2.75) is 19.1 Å². The molecule has 128 valence electrons. The summed E-state index contributed by atoms with van der Waals surface area (Å²) >= 11 is 0. The van der Waals surface area contributed by atoms with Gasteiger partial charge < -0.3 is 15.2 Å². The molecule has 1 aromatic carbocycles. The highest BCUT2D eigenvalue weighted by atomic mass is 32.2. The van der Waals surface area contributed by atoms with Crippen molar-refractivity contribution >= 4 is 15.9 Å². The lowest BCUT2D eigenvalue weighted by atomic mass is 10.0. The van der Waals surface area contributed by atoms with Crippen LogP contribution in [0.2, 0.25) is 0 Å². The molecule has 0 spiro atoms. The molecular formula is C15H22N2O5S. The van der Waals surface area contributed by atoms with Crippen LogP contribution in [0.4, 0.5) is 0 Å². The number of carbonyl (C=O) groups is 1. The van der Waals surface area contributed by atoms with Crippen molar-refractivity contribution in [3.63, 3.8) is 0 Å². The van der Waals surface area contributed by atoms with Gasteiger partial charge in [-0.1, -0.05) is 18.2 Å². The van der Waals surface area contributed by atoms with Crippen LogP contribution in [0, 0.1) is 5.92 Å². The summed E-state index contributed by atoms with van der Waals surface area (Å²) in [5, 5.41) is 12.9. The van der Waals surface area contributed by atoms with Crippen LogP contribution in [0.1, 0.15) is 17.3 Å². The van der Waals surface area contributed by atoms with Crippen molar-refractivity contribution in [1.82, 2.24) is 10.0 Å². The van der Waals surface area contributed by atoms with Crippen LogP contribution in [0.15, 0.2) is 30.3 Å². The first kappa shape index (κ1) is 17.9. The number of carbonyl (C=O) groups excluding carboxylic acids is 1. The number of rotatable bonds is 7. The van der Waals surface area contributed by atoms with E-state index in [2.05, 4.69) is 10.0 Å². The van der Waals surface area contributed by atoms with Crippen LogP contribution in [0.25, 0.3) is 0 Å². The highest BCUT2D eigenvalue weighted by molar-refractivity contribution is 7.89. The lowest BCUT2D eigenvalue weighted by Gasteiger charge is -2.18. The number of hydrogen-bond donors (Lipinski definition) is 3. The number of nitrogens with one attached hydrogen (secondary N) is 2. The quantitative estimate of drug-likeness (QED) is 0.633. The maximum absolute atomic E-state index is 12.0. The zero-order chi connectivity index (χ0) is 16.9. The summed E-state index contributed by atoms with van der Waals surface area (Å²) in [4.78, 5) is 12.0. The lowest BCUT2D eigenvalue weighted by Crippen LogP contribution is -2.41. The maximum atomic E-state index is 12.0. The molecule has 1 saturated heterocycles. The Balaban J connectivity index is 1.80. The highest BCUT2D eigenvalue weighted by Gasteiger charge is 2.36. The average molecular weight is 342 g/mol. The van der Waals surface area contributed by atoms with E-state index in [1.807, 2.05) is 6.07 Å². The van der Waals surface area contributed by atoms with Crippen molar-refractivity contribution in [3.8, 4) is 0 Å². The summed E-state index contributed by atoms with van der Waals surface area (Å²) in [6.45, 7) is 2.11. The molecule has 0 unspecified atom stereocenters. The van der Waals surface area contributed by atoms with Crippen molar-refractivity contribution in [2.24, 2.45) is 5.92 Å². The number of benzene rings is 1. The van der Waals surface area contributed by atoms with Gasteiger partial charge in [-0.15, -0.1) is 0 Å². The zero-order valence-electron chi connectivity index (χ0n) is 12.9. The Labute approximate surface area is 136 Å². The normalized spacial score (nSPS) is 24.5. The molecule has 1 amide bonds. The number of amides is 1. The second-order valence-corrected chi connectivity index (χ2v) is 7.55. The molecule has 0 bridgehead atoms. The molecular weight excluding hydrogens is 320 g/mol. The van der Waals surface area contributed by atoms with Gasteiger partial charge in [-0.2, -0.15) is 0 Å². The Morgan fingerprint density at radius 2 is 2.00 bits per heavy atom. The van der Waals surface area contributed by atoms with Crippen LogP contribution in [0.5, 0.6) is 0 Å². The molecule has 1 aromatic rings. The minimum atomic E-state index is -3.32. The van der Waals surface area contributed by atoms with E-state index in [1.165, 1.54) is 6.92 Å². The van der Waals surface area contributed by atoms with Gasteiger partial charge in [-0.05, 0) is 19.1 Å². The number of aliphatic hydroxyl groups excluding tert-OH is 1. The highest BCUT2D eigenvalue weighted by Crippen LogP contribution is 2.19. The summed E-state index contributed by atoms with van der Waals surface area (Å²) in [7, 11) is -3.32. The number of aliphatic hydroxyl groups is 1. The molecule has 1 fully saturated rings. The van der Waals surface area contributed by atoms with Gasteiger partial charge in [-0.25, -0.2) is 13.1 Å². The Morgan fingerprint density at radius 1 is 1.30 bits per heavy atom. The van der Waals surface area contributed by atoms with E-state index in [4.69, 9.17) is 4.74 Å². The summed E-state index contributed by atoms with van der Waals surface area (Å²) < 4.78 is 30.6. The van der Waals surface area contributed by atoms with E-state index in [0.717, 1.165) is 0 Å². The van der Waals surface area contributed by atoms with E-state index >= 15 is 0 Å². The first-order valence-electron chi connectivity index (χ1n) is 7.53. The van der Waals surface area contributed by atoms with Crippen LogP contribution < -0.4 is 10.0 Å². The third-order valence-electron chi connectivity index (χ3n) is 3.83. The Kier molecular flexibility index (Phi) is 6.11. The van der Waals surface area contributed by atoms with Crippen LogP contribution in [0.3, 0.4) is 0 Å². The van der Waals surface area contributed by atoms with Crippen LogP contribution in [-0.4, -0.2) is 57.1 Å². The molecule has 0 aliphatic carbocycles. The minimum Gasteiger partial charge on any atom is -0.390 e. The predicted molar refractivity (Wildman–Crippen MR) is 85.5 cm³/mol. The van der Waals surface area contributed by atoms with Crippen molar-refractivity contribution in [1.29, 1.82) is 0 Å². The van der Waals surface area contributed by atoms with Crippen LogP contribution in [-0.2, 0) is 14.8 Å². The summed E-state index contributed by atoms with van der Waals surface area (Å²) in [5.41, 5.74) is 0.549. The Morgan fingerprint density at radius 3 is 2.65 bits per heavy atom. The SMILES string of the molecule is CCS(=O)(=O)NC[C@H]1OC[C@@H](CNC(=O)c2ccccc2)[C@@H]1O. The van der Waals surface area contributed by atoms with Gasteiger partial charge in [0.1, 0.15) is 0 Å². The number of ether oxygens (including phenoxy) is 1. The molecule has 3 atom stereocenters. The molecule has 2 rings (SSSR count). The molecule has 3 N–H and O–H groups in total. The summed E-state index contributed by atoms with van der Waals surface area (Å²) in [6, 6.07) is 8.79. The molecule has 0 saturated carbocycles. The molecule has 1 aliphatic heterocycles. The van der Waals surface area contributed by atoms with Gasteiger partial charge >= 0.3 is 0 Å². The standard InChI is InChI=1S/C15H22N2O5S/c1-2-23(20,21)17-9-13-14(18)12(10-22-13)8-16-15(19)11-6-4-3-5-7-11/h3-7,12-14,17-18H,2,8-10H2,1H3,(H,16,19)/t12-,13-,14+/m1/s1. The van der Waals surface area contributed by atoms with Gasteiger partial charge in [0.25, 0.3) is 5.91 Å². The third-order valence-corrected chi connectivity index (χ3v) is 5.20. The molecule has 23 heavy (non-hydrogen) atoms. The fraction of sp³-hybridized carbons (Fsp3) is 0.533. The van der Waals surface area contributed by atoms with Gasteiger partial charge in [-0.3, -0.25) is 4.79 Å². The minimum absolute atomic E-state index is 0.0215. The second-order valence-electron chi connectivity index (χ2n) is 5.45. The first-order chi connectivity index (χ1) is 10.9. The van der Waals surface area contributed by atoms with Gasteiger partial charge in [0.05, 0.1) is 24.6 Å². The summed E-state index contributed by atoms with van der Waals surface area (Å²) in [6.07, 6.45) is -1.43. The first-order valence-corrected chi connectivity index (χ1v) is 9.18. The predicted octanol–water partition coefficient (Wildman–Crippen LogP) is -0.268. The molecule has 8 heteroatoms. The number of hydrogen-bond acceptors (Lipinski definition) is 5. The van der Waals surface area contributed by atoms with E-state index in [0.29, 0.717) is 5.56 Å². The summed E-state index contributed by atoms with van der Waals surface area (Å²) in [5.74, 6) is -0.501. The van der Waals surface area contributed by atoms with Gasteiger partial charge in [0.15, 0.2) is 0 Å².